The molecule has 0 spiro atoms. The third-order valence-electron chi connectivity index (χ3n) is 3.96. The fourth-order valence-corrected chi connectivity index (χ4v) is 2.63. The molecule has 1 N–H and O–H groups in total. The zero-order valence-corrected chi connectivity index (χ0v) is 13.5. The predicted octanol–water partition coefficient (Wildman–Crippen LogP) is 5.18. The van der Waals surface area contributed by atoms with E-state index in [-0.39, 0.29) is 6.10 Å². The van der Waals surface area contributed by atoms with Crippen LogP contribution >= 0.6 is 0 Å². The smallest absolute Gasteiger partial charge is 0.0512 e. The largest absolute Gasteiger partial charge is 0.393 e. The lowest BCUT2D eigenvalue weighted by Gasteiger charge is -2.07. The average molecular weight is 294 g/mol. The molecule has 0 saturated carbocycles. The zero-order valence-electron chi connectivity index (χ0n) is 13.5. The molecule has 1 unspecified atom stereocenters. The van der Waals surface area contributed by atoms with Crippen LogP contribution in [0.3, 0.4) is 0 Å². The van der Waals surface area contributed by atoms with Gasteiger partial charge in [-0.15, -0.1) is 6.58 Å². The van der Waals surface area contributed by atoms with Gasteiger partial charge in [0.2, 0.25) is 0 Å². The second kappa shape index (κ2) is 8.55. The minimum atomic E-state index is -0.175. The van der Waals surface area contributed by atoms with E-state index in [1.165, 1.54) is 22.3 Å². The van der Waals surface area contributed by atoms with Gasteiger partial charge < -0.3 is 5.11 Å². The van der Waals surface area contributed by atoms with Gasteiger partial charge in [-0.25, -0.2) is 0 Å². The maximum absolute atomic E-state index is 9.26. The highest BCUT2D eigenvalue weighted by molar-refractivity contribution is 5.64. The number of hydrogen-bond donors (Lipinski definition) is 1. The maximum atomic E-state index is 9.26. The van der Waals surface area contributed by atoms with E-state index in [0.717, 1.165) is 32.1 Å². The summed E-state index contributed by atoms with van der Waals surface area (Å²) in [6.07, 6.45) is 6.89. The molecular formula is C21H26O. The fourth-order valence-electron chi connectivity index (χ4n) is 2.63. The van der Waals surface area contributed by atoms with E-state index in [1.807, 2.05) is 13.0 Å². The first-order valence-corrected chi connectivity index (χ1v) is 8.16. The topological polar surface area (TPSA) is 20.2 Å². The molecule has 0 amide bonds. The normalized spacial score (nSPS) is 12.1. The first-order chi connectivity index (χ1) is 10.7. The Kier molecular flexibility index (Phi) is 6.42. The van der Waals surface area contributed by atoms with E-state index in [2.05, 4.69) is 55.1 Å². The molecule has 22 heavy (non-hydrogen) atoms. The Morgan fingerprint density at radius 3 is 1.95 bits per heavy atom. The molecule has 0 radical (unpaired) electrons. The van der Waals surface area contributed by atoms with Crippen molar-refractivity contribution in [2.75, 3.05) is 0 Å². The number of allylic oxidation sites excluding steroid dienone is 1. The van der Waals surface area contributed by atoms with Crippen LogP contribution in [0.1, 0.15) is 37.3 Å². The summed E-state index contributed by atoms with van der Waals surface area (Å²) < 4.78 is 0. The number of benzene rings is 2. The summed E-state index contributed by atoms with van der Waals surface area (Å²) in [4.78, 5) is 0. The van der Waals surface area contributed by atoms with E-state index in [9.17, 15) is 5.11 Å². The lowest BCUT2D eigenvalue weighted by molar-refractivity contribution is 0.180. The van der Waals surface area contributed by atoms with Gasteiger partial charge in [0.05, 0.1) is 6.10 Å². The summed E-state index contributed by atoms with van der Waals surface area (Å²) in [5.41, 5.74) is 5.19. The summed E-state index contributed by atoms with van der Waals surface area (Å²) in [5, 5.41) is 9.26. The highest BCUT2D eigenvalue weighted by Crippen LogP contribution is 2.21. The quantitative estimate of drug-likeness (QED) is 0.525. The Labute approximate surface area is 134 Å². The van der Waals surface area contributed by atoms with Crippen molar-refractivity contribution in [2.24, 2.45) is 0 Å². The lowest BCUT2D eigenvalue weighted by Crippen LogP contribution is -1.98. The van der Waals surface area contributed by atoms with Gasteiger partial charge in [0.25, 0.3) is 0 Å². The second-order valence-electron chi connectivity index (χ2n) is 5.98. The summed E-state index contributed by atoms with van der Waals surface area (Å²) in [7, 11) is 0. The van der Waals surface area contributed by atoms with Crippen LogP contribution in [-0.2, 0) is 12.8 Å². The van der Waals surface area contributed by atoms with Crippen molar-refractivity contribution in [3.8, 4) is 11.1 Å². The third-order valence-corrected chi connectivity index (χ3v) is 3.96. The molecule has 0 heterocycles. The van der Waals surface area contributed by atoms with Gasteiger partial charge in [-0.2, -0.15) is 0 Å². The fraction of sp³-hybridized carbons (Fsp3) is 0.333. The first-order valence-electron chi connectivity index (χ1n) is 8.16. The number of aliphatic hydroxyl groups excluding tert-OH is 1. The molecule has 0 aromatic heterocycles. The molecule has 1 atom stereocenters. The Morgan fingerprint density at radius 2 is 1.45 bits per heavy atom. The van der Waals surface area contributed by atoms with Gasteiger partial charge in [-0.1, -0.05) is 61.0 Å². The Bertz CT molecular complexity index is 564. The third kappa shape index (κ3) is 5.16. The summed E-state index contributed by atoms with van der Waals surface area (Å²) >= 11 is 0. The van der Waals surface area contributed by atoms with Crippen molar-refractivity contribution >= 4 is 0 Å². The zero-order chi connectivity index (χ0) is 15.8. The molecule has 0 aliphatic rings. The number of hydrogen-bond acceptors (Lipinski definition) is 1. The van der Waals surface area contributed by atoms with Gasteiger partial charge in [-0.3, -0.25) is 0 Å². The van der Waals surface area contributed by atoms with Crippen molar-refractivity contribution in [3.05, 3.63) is 72.3 Å². The molecule has 116 valence electrons. The summed E-state index contributed by atoms with van der Waals surface area (Å²) in [5.74, 6) is 0. The Balaban J connectivity index is 1.92. The molecule has 2 aromatic carbocycles. The summed E-state index contributed by atoms with van der Waals surface area (Å²) in [6.45, 7) is 5.63. The van der Waals surface area contributed by atoms with Crippen molar-refractivity contribution in [2.45, 2.75) is 45.1 Å². The van der Waals surface area contributed by atoms with Crippen LogP contribution in [0.5, 0.6) is 0 Å². The molecule has 0 bridgehead atoms. The molecule has 1 heteroatoms. The maximum Gasteiger partial charge on any atom is 0.0512 e. The van der Waals surface area contributed by atoms with Gasteiger partial charge in [0.15, 0.2) is 0 Å². The SMILES string of the molecule is C=CCc1ccc(-c2ccc(CCCCC(C)O)cc2)cc1. The molecular weight excluding hydrogens is 268 g/mol. The number of rotatable bonds is 8. The monoisotopic (exact) mass is 294 g/mol. The van der Waals surface area contributed by atoms with Crippen LogP contribution in [0.15, 0.2) is 61.2 Å². The van der Waals surface area contributed by atoms with Crippen molar-refractivity contribution in [1.82, 2.24) is 0 Å². The highest BCUT2D eigenvalue weighted by atomic mass is 16.3. The Morgan fingerprint density at radius 1 is 0.909 bits per heavy atom. The highest BCUT2D eigenvalue weighted by Gasteiger charge is 2.00. The molecule has 0 aliphatic heterocycles. The van der Waals surface area contributed by atoms with Crippen LogP contribution < -0.4 is 0 Å². The van der Waals surface area contributed by atoms with E-state index in [4.69, 9.17) is 0 Å². The average Bonchev–Trinajstić information content (AvgIpc) is 2.53. The van der Waals surface area contributed by atoms with Crippen LogP contribution in [0.2, 0.25) is 0 Å². The summed E-state index contributed by atoms with van der Waals surface area (Å²) in [6, 6.07) is 17.5. The number of aryl methyl sites for hydroxylation is 1. The van der Waals surface area contributed by atoms with Gasteiger partial charge in [0.1, 0.15) is 0 Å². The minimum Gasteiger partial charge on any atom is -0.393 e. The van der Waals surface area contributed by atoms with Crippen molar-refractivity contribution in [1.29, 1.82) is 0 Å². The standard InChI is InChI=1S/C21H26O/c1-3-6-18-9-13-20(14-10-18)21-15-11-19(12-16-21)8-5-4-7-17(2)22/h3,9-17,22H,1,4-8H2,2H3. The molecule has 0 aliphatic carbocycles. The van der Waals surface area contributed by atoms with E-state index in [1.54, 1.807) is 0 Å². The Hall–Kier alpha value is -1.86. The molecule has 0 saturated heterocycles. The molecule has 1 nitrogen and oxygen atoms in total. The van der Waals surface area contributed by atoms with Crippen LogP contribution in [0.25, 0.3) is 11.1 Å². The van der Waals surface area contributed by atoms with Crippen molar-refractivity contribution < 1.29 is 5.11 Å². The van der Waals surface area contributed by atoms with Crippen LogP contribution in [0, 0.1) is 0 Å². The number of unbranched alkanes of at least 4 members (excludes halogenated alkanes) is 1. The second-order valence-corrected chi connectivity index (χ2v) is 5.98. The van der Waals surface area contributed by atoms with Gasteiger partial charge >= 0.3 is 0 Å². The van der Waals surface area contributed by atoms with Crippen LogP contribution in [0.4, 0.5) is 0 Å². The molecule has 2 rings (SSSR count). The lowest BCUT2D eigenvalue weighted by atomic mass is 9.99. The van der Waals surface area contributed by atoms with E-state index >= 15 is 0 Å². The van der Waals surface area contributed by atoms with Gasteiger partial charge in [0, 0.05) is 0 Å². The molecule has 0 fully saturated rings. The van der Waals surface area contributed by atoms with E-state index in [0.29, 0.717) is 0 Å². The minimum absolute atomic E-state index is 0.175. The molecule has 2 aromatic rings. The van der Waals surface area contributed by atoms with Crippen LogP contribution in [-0.4, -0.2) is 11.2 Å². The van der Waals surface area contributed by atoms with Crippen molar-refractivity contribution in [3.63, 3.8) is 0 Å². The predicted molar refractivity (Wildman–Crippen MR) is 95.0 cm³/mol. The van der Waals surface area contributed by atoms with E-state index < -0.39 is 0 Å². The number of aliphatic hydroxyl groups is 1. The first kappa shape index (κ1) is 16.5. The van der Waals surface area contributed by atoms with Gasteiger partial charge in [-0.05, 0) is 54.9 Å².